The van der Waals surface area contributed by atoms with Crippen molar-refractivity contribution in [3.8, 4) is 0 Å². The summed E-state index contributed by atoms with van der Waals surface area (Å²) in [4.78, 5) is 5.70. The average Bonchev–Trinajstić information content (AvgIpc) is 3.03. The van der Waals surface area contributed by atoms with Gasteiger partial charge < -0.3 is 10.6 Å². The predicted molar refractivity (Wildman–Crippen MR) is 84.1 cm³/mol. The molecule has 0 unspecified atom stereocenters. The van der Waals surface area contributed by atoms with E-state index in [4.69, 9.17) is 0 Å². The molecule has 0 amide bonds. The van der Waals surface area contributed by atoms with Crippen LogP contribution in [0, 0.1) is 5.92 Å². The van der Waals surface area contributed by atoms with Crippen molar-refractivity contribution >= 4 is 17.3 Å². The molecule has 1 fully saturated rings. The molecule has 0 spiro atoms. The van der Waals surface area contributed by atoms with Gasteiger partial charge in [-0.15, -0.1) is 11.3 Å². The van der Waals surface area contributed by atoms with Gasteiger partial charge in [0.05, 0.1) is 0 Å². The average molecular weight is 279 g/mol. The van der Waals surface area contributed by atoms with Crippen molar-refractivity contribution in [1.29, 1.82) is 0 Å². The lowest BCUT2D eigenvalue weighted by Crippen LogP contribution is -2.43. The fourth-order valence-corrected chi connectivity index (χ4v) is 2.93. The summed E-state index contributed by atoms with van der Waals surface area (Å²) < 4.78 is 0. The zero-order valence-electron chi connectivity index (χ0n) is 12.2. The highest BCUT2D eigenvalue weighted by molar-refractivity contribution is 7.10. The van der Waals surface area contributed by atoms with Crippen molar-refractivity contribution in [2.75, 3.05) is 20.1 Å². The molecule has 1 saturated carbocycles. The molecule has 0 saturated heterocycles. The van der Waals surface area contributed by atoms with E-state index >= 15 is 0 Å². The first-order valence-electron chi connectivity index (χ1n) is 7.10. The largest absolute Gasteiger partial charge is 0.356 e. The lowest BCUT2D eigenvalue weighted by atomic mass is 9.91. The Hall–Kier alpha value is -1.03. The normalized spacial score (nSPS) is 16.5. The number of aliphatic imine (C=N–C) groups is 1. The fourth-order valence-electron chi connectivity index (χ4n) is 2.08. The van der Waals surface area contributed by atoms with Crippen LogP contribution >= 0.6 is 11.3 Å². The van der Waals surface area contributed by atoms with E-state index in [9.17, 15) is 0 Å². The van der Waals surface area contributed by atoms with Crippen molar-refractivity contribution in [1.82, 2.24) is 10.6 Å². The van der Waals surface area contributed by atoms with Gasteiger partial charge in [-0.3, -0.25) is 4.99 Å². The Morgan fingerprint density at radius 1 is 1.42 bits per heavy atom. The van der Waals surface area contributed by atoms with Crippen LogP contribution in [0.2, 0.25) is 0 Å². The van der Waals surface area contributed by atoms with Gasteiger partial charge in [-0.2, -0.15) is 0 Å². The number of guanidine groups is 1. The van der Waals surface area contributed by atoms with Crippen molar-refractivity contribution in [3.05, 3.63) is 22.4 Å². The highest BCUT2D eigenvalue weighted by Crippen LogP contribution is 2.31. The lowest BCUT2D eigenvalue weighted by molar-refractivity contribution is 0.517. The summed E-state index contributed by atoms with van der Waals surface area (Å²) in [5, 5.41) is 8.98. The number of thiophene rings is 1. The second-order valence-electron chi connectivity index (χ2n) is 5.95. The Kier molecular flexibility index (Phi) is 4.86. The van der Waals surface area contributed by atoms with Gasteiger partial charge in [-0.05, 0) is 23.8 Å². The van der Waals surface area contributed by atoms with Crippen LogP contribution in [0.4, 0.5) is 0 Å². The van der Waals surface area contributed by atoms with Gasteiger partial charge in [0, 0.05) is 30.4 Å². The van der Waals surface area contributed by atoms with Crippen LogP contribution in [0.1, 0.15) is 38.0 Å². The second kappa shape index (κ2) is 6.42. The number of nitrogens with one attached hydrogen (secondary N) is 2. The Balaban J connectivity index is 1.75. The van der Waals surface area contributed by atoms with Crippen molar-refractivity contribution in [2.24, 2.45) is 10.9 Å². The molecule has 0 aromatic carbocycles. The maximum atomic E-state index is 4.29. The van der Waals surface area contributed by atoms with Crippen LogP contribution in [-0.4, -0.2) is 26.1 Å². The first-order valence-corrected chi connectivity index (χ1v) is 7.98. The molecule has 2 N–H and O–H groups in total. The molecule has 2 rings (SSSR count). The van der Waals surface area contributed by atoms with E-state index in [1.165, 1.54) is 24.1 Å². The Morgan fingerprint density at radius 2 is 2.21 bits per heavy atom. The fraction of sp³-hybridized carbons (Fsp3) is 0.667. The topological polar surface area (TPSA) is 36.4 Å². The van der Waals surface area contributed by atoms with Gasteiger partial charge >= 0.3 is 0 Å². The third-order valence-corrected chi connectivity index (χ3v) is 4.89. The molecule has 0 radical (unpaired) electrons. The molecule has 1 aromatic rings. The van der Waals surface area contributed by atoms with E-state index in [2.05, 4.69) is 47.0 Å². The Bertz CT molecular complexity index is 405. The summed E-state index contributed by atoms with van der Waals surface area (Å²) >= 11 is 1.82. The van der Waals surface area contributed by atoms with Gasteiger partial charge in [-0.25, -0.2) is 0 Å². The maximum absolute atomic E-state index is 4.29. The third-order valence-electron chi connectivity index (χ3n) is 3.65. The van der Waals surface area contributed by atoms with Crippen LogP contribution in [0.5, 0.6) is 0 Å². The van der Waals surface area contributed by atoms with Gasteiger partial charge in [0.2, 0.25) is 0 Å². The number of rotatable bonds is 6. The minimum absolute atomic E-state index is 0.141. The van der Waals surface area contributed by atoms with E-state index in [1.54, 1.807) is 0 Å². The summed E-state index contributed by atoms with van der Waals surface area (Å²) in [5.41, 5.74) is 0.141. The van der Waals surface area contributed by atoms with Gasteiger partial charge in [0.25, 0.3) is 0 Å². The van der Waals surface area contributed by atoms with E-state index in [0.717, 1.165) is 25.0 Å². The summed E-state index contributed by atoms with van der Waals surface area (Å²) in [7, 11) is 1.84. The summed E-state index contributed by atoms with van der Waals surface area (Å²) in [6, 6.07) is 4.32. The zero-order valence-corrected chi connectivity index (χ0v) is 13.0. The number of hydrogen-bond donors (Lipinski definition) is 2. The number of hydrogen-bond acceptors (Lipinski definition) is 2. The monoisotopic (exact) mass is 279 g/mol. The minimum Gasteiger partial charge on any atom is -0.356 e. The van der Waals surface area contributed by atoms with E-state index in [1.807, 2.05) is 18.4 Å². The first-order chi connectivity index (χ1) is 9.12. The molecule has 3 nitrogen and oxygen atoms in total. The second-order valence-corrected chi connectivity index (χ2v) is 6.89. The highest BCUT2D eigenvalue weighted by Gasteiger charge is 2.22. The van der Waals surface area contributed by atoms with E-state index in [-0.39, 0.29) is 5.41 Å². The molecule has 0 bridgehead atoms. The molecule has 19 heavy (non-hydrogen) atoms. The van der Waals surface area contributed by atoms with Gasteiger partial charge in [0.1, 0.15) is 0 Å². The van der Waals surface area contributed by atoms with Crippen molar-refractivity contribution < 1.29 is 0 Å². The van der Waals surface area contributed by atoms with Gasteiger partial charge in [-0.1, -0.05) is 32.8 Å². The van der Waals surface area contributed by atoms with E-state index in [0.29, 0.717) is 0 Å². The van der Waals surface area contributed by atoms with Crippen LogP contribution < -0.4 is 10.6 Å². The molecule has 4 heteroatoms. The number of nitrogens with zero attached hydrogens (tertiary/aromatic N) is 1. The molecule has 106 valence electrons. The van der Waals surface area contributed by atoms with Crippen LogP contribution in [0.15, 0.2) is 22.5 Å². The van der Waals surface area contributed by atoms with Gasteiger partial charge in [0.15, 0.2) is 5.96 Å². The minimum atomic E-state index is 0.141. The molecule has 0 atom stereocenters. The Labute approximate surface area is 120 Å². The predicted octanol–water partition coefficient (Wildman–Crippen LogP) is 2.99. The molecule has 1 heterocycles. The molecule has 0 aliphatic heterocycles. The Morgan fingerprint density at radius 3 is 2.79 bits per heavy atom. The smallest absolute Gasteiger partial charge is 0.191 e. The first kappa shape index (κ1) is 14.4. The van der Waals surface area contributed by atoms with Crippen LogP contribution in [0.25, 0.3) is 0 Å². The lowest BCUT2D eigenvalue weighted by Gasteiger charge is -2.25. The van der Waals surface area contributed by atoms with Crippen LogP contribution in [0.3, 0.4) is 0 Å². The summed E-state index contributed by atoms with van der Waals surface area (Å²) in [6.45, 7) is 6.47. The van der Waals surface area contributed by atoms with Crippen molar-refractivity contribution in [2.45, 2.75) is 38.5 Å². The van der Waals surface area contributed by atoms with Crippen molar-refractivity contribution in [3.63, 3.8) is 0 Å². The SMILES string of the molecule is CN=C(NCCC1CC1)NCC(C)(C)c1cccs1. The quantitative estimate of drug-likeness (QED) is 0.620. The van der Waals surface area contributed by atoms with Crippen LogP contribution in [-0.2, 0) is 5.41 Å². The molecule has 1 aromatic heterocycles. The summed E-state index contributed by atoms with van der Waals surface area (Å²) in [6.07, 6.45) is 4.10. The molecule has 1 aliphatic rings. The standard InChI is InChI=1S/C15H25N3S/c1-15(2,13-5-4-10-19-13)11-18-14(16-3)17-9-8-12-6-7-12/h4-5,10,12H,6-9,11H2,1-3H3,(H2,16,17,18). The summed E-state index contributed by atoms with van der Waals surface area (Å²) in [5.74, 6) is 1.89. The molecule has 1 aliphatic carbocycles. The third kappa shape index (κ3) is 4.53. The molecular weight excluding hydrogens is 254 g/mol. The maximum Gasteiger partial charge on any atom is 0.191 e. The highest BCUT2D eigenvalue weighted by atomic mass is 32.1. The molecular formula is C15H25N3S. The van der Waals surface area contributed by atoms with E-state index < -0.39 is 0 Å². The zero-order chi connectivity index (χ0) is 13.7.